The third-order valence-electron chi connectivity index (χ3n) is 3.66. The summed E-state index contributed by atoms with van der Waals surface area (Å²) in [6.45, 7) is 2.25. The lowest BCUT2D eigenvalue weighted by molar-refractivity contribution is -0.109. The first-order valence-electron chi connectivity index (χ1n) is 6.76. The second kappa shape index (κ2) is 5.80. The van der Waals surface area contributed by atoms with Crippen molar-refractivity contribution in [1.29, 1.82) is 0 Å². The average Bonchev–Trinajstić information content (AvgIpc) is 2.47. The minimum atomic E-state index is -0.196. The zero-order valence-corrected chi connectivity index (χ0v) is 11.6. The van der Waals surface area contributed by atoms with Crippen LogP contribution in [0.25, 0.3) is 6.08 Å². The van der Waals surface area contributed by atoms with Gasteiger partial charge in [-0.1, -0.05) is 6.07 Å². The minimum Gasteiger partial charge on any atom is -0.378 e. The minimum absolute atomic E-state index is 0.196. The van der Waals surface area contributed by atoms with Gasteiger partial charge in [-0.15, -0.1) is 11.8 Å². The molecule has 0 amide bonds. The summed E-state index contributed by atoms with van der Waals surface area (Å²) < 4.78 is 0. The smallest absolute Gasteiger partial charge is 0.146 e. The Morgan fingerprint density at radius 1 is 1.26 bits per heavy atom. The van der Waals surface area contributed by atoms with Crippen molar-refractivity contribution in [2.45, 2.75) is 29.0 Å². The zero-order valence-electron chi connectivity index (χ0n) is 10.8. The molecular formula is C15H18N2OS. The van der Waals surface area contributed by atoms with Gasteiger partial charge in [-0.05, 0) is 61.5 Å². The quantitative estimate of drug-likeness (QED) is 0.830. The summed E-state index contributed by atoms with van der Waals surface area (Å²) in [5.41, 5.74) is 2.24. The predicted octanol–water partition coefficient (Wildman–Crippen LogP) is 2.34. The first-order valence-corrected chi connectivity index (χ1v) is 7.64. The third-order valence-corrected chi connectivity index (χ3v) is 4.99. The molecule has 1 unspecified atom stereocenters. The fourth-order valence-electron chi connectivity index (χ4n) is 2.60. The number of aldehydes is 1. The molecule has 0 spiro atoms. The fraction of sp³-hybridized carbons (Fsp3) is 0.400. The highest BCUT2D eigenvalue weighted by atomic mass is 32.2. The number of rotatable bonds is 3. The molecule has 100 valence electrons. The lowest BCUT2D eigenvalue weighted by Gasteiger charge is -2.23. The molecule has 2 N–H and O–H groups in total. The Balaban J connectivity index is 1.77. The maximum absolute atomic E-state index is 11.0. The van der Waals surface area contributed by atoms with Crippen molar-refractivity contribution in [3.05, 3.63) is 35.5 Å². The summed E-state index contributed by atoms with van der Waals surface area (Å²) in [7, 11) is 0. The van der Waals surface area contributed by atoms with Crippen molar-refractivity contribution in [3.8, 4) is 0 Å². The van der Waals surface area contributed by atoms with Crippen LogP contribution >= 0.6 is 11.8 Å². The van der Waals surface area contributed by atoms with Crippen molar-refractivity contribution < 1.29 is 4.79 Å². The SMILES string of the molecule is O=CC1NC=Cc2cc(SC3CCNCC3)ccc21. The Morgan fingerprint density at radius 2 is 2.11 bits per heavy atom. The maximum Gasteiger partial charge on any atom is 0.146 e. The normalized spacial score (nSPS) is 22.6. The molecule has 19 heavy (non-hydrogen) atoms. The van der Waals surface area contributed by atoms with Crippen LogP contribution in [-0.4, -0.2) is 24.6 Å². The number of carbonyl (C=O) groups excluding carboxylic acids is 1. The summed E-state index contributed by atoms with van der Waals surface area (Å²) in [4.78, 5) is 12.3. The summed E-state index contributed by atoms with van der Waals surface area (Å²) in [5, 5.41) is 7.17. The Hall–Kier alpha value is -1.26. The number of nitrogens with one attached hydrogen (secondary N) is 2. The van der Waals surface area contributed by atoms with E-state index in [-0.39, 0.29) is 6.04 Å². The third kappa shape index (κ3) is 2.85. The van der Waals surface area contributed by atoms with Crippen LogP contribution in [0.1, 0.15) is 30.0 Å². The van der Waals surface area contributed by atoms with Gasteiger partial charge in [0.2, 0.25) is 0 Å². The molecule has 2 aliphatic heterocycles. The molecule has 0 bridgehead atoms. The molecular weight excluding hydrogens is 256 g/mol. The van der Waals surface area contributed by atoms with E-state index in [9.17, 15) is 4.79 Å². The van der Waals surface area contributed by atoms with Gasteiger partial charge in [0.15, 0.2) is 0 Å². The monoisotopic (exact) mass is 274 g/mol. The van der Waals surface area contributed by atoms with Gasteiger partial charge < -0.3 is 15.4 Å². The number of thioether (sulfide) groups is 1. The van der Waals surface area contributed by atoms with Gasteiger partial charge in [-0.2, -0.15) is 0 Å². The van der Waals surface area contributed by atoms with Gasteiger partial charge in [-0.25, -0.2) is 0 Å². The van der Waals surface area contributed by atoms with Gasteiger partial charge in [0.1, 0.15) is 12.3 Å². The van der Waals surface area contributed by atoms with Gasteiger partial charge in [0, 0.05) is 10.1 Å². The Labute approximate surface area is 117 Å². The van der Waals surface area contributed by atoms with Gasteiger partial charge in [0.25, 0.3) is 0 Å². The van der Waals surface area contributed by atoms with E-state index in [1.54, 1.807) is 0 Å². The van der Waals surface area contributed by atoms with Crippen LogP contribution in [0.5, 0.6) is 0 Å². The lowest BCUT2D eigenvalue weighted by atomic mass is 9.99. The highest BCUT2D eigenvalue weighted by Gasteiger charge is 2.18. The Morgan fingerprint density at radius 3 is 2.89 bits per heavy atom. The largest absolute Gasteiger partial charge is 0.378 e. The molecule has 1 saturated heterocycles. The van der Waals surface area contributed by atoms with Crippen LogP contribution in [-0.2, 0) is 4.79 Å². The summed E-state index contributed by atoms with van der Waals surface area (Å²) in [6.07, 6.45) is 7.33. The first-order chi connectivity index (χ1) is 9.36. The molecule has 1 fully saturated rings. The van der Waals surface area contributed by atoms with E-state index in [1.807, 2.05) is 24.0 Å². The molecule has 1 aromatic carbocycles. The second-order valence-corrected chi connectivity index (χ2v) is 6.35. The number of fused-ring (bicyclic) bond motifs is 1. The van der Waals surface area contributed by atoms with Gasteiger partial charge in [0.05, 0.1) is 0 Å². The molecule has 1 aromatic rings. The van der Waals surface area contributed by atoms with Gasteiger partial charge in [-0.3, -0.25) is 0 Å². The number of hydrogen-bond donors (Lipinski definition) is 2. The lowest BCUT2D eigenvalue weighted by Crippen LogP contribution is -2.29. The molecule has 2 aliphatic rings. The zero-order chi connectivity index (χ0) is 13.1. The Bertz CT molecular complexity index is 495. The van der Waals surface area contributed by atoms with Gasteiger partial charge >= 0.3 is 0 Å². The summed E-state index contributed by atoms with van der Waals surface area (Å²) in [6, 6.07) is 6.23. The summed E-state index contributed by atoms with van der Waals surface area (Å²) in [5.74, 6) is 0. The van der Waals surface area contributed by atoms with E-state index in [4.69, 9.17) is 0 Å². The van der Waals surface area contributed by atoms with Crippen molar-refractivity contribution in [2.75, 3.05) is 13.1 Å². The molecule has 2 heterocycles. The van der Waals surface area contributed by atoms with Crippen LogP contribution in [0.2, 0.25) is 0 Å². The molecule has 0 saturated carbocycles. The van der Waals surface area contributed by atoms with Crippen molar-refractivity contribution in [1.82, 2.24) is 10.6 Å². The molecule has 0 aromatic heterocycles. The number of piperidine rings is 1. The molecule has 0 aliphatic carbocycles. The van der Waals surface area contributed by atoms with E-state index in [2.05, 4.69) is 28.8 Å². The van der Waals surface area contributed by atoms with Crippen LogP contribution in [0.15, 0.2) is 29.3 Å². The second-order valence-electron chi connectivity index (χ2n) is 4.97. The van der Waals surface area contributed by atoms with Crippen molar-refractivity contribution >= 4 is 24.1 Å². The van der Waals surface area contributed by atoms with Crippen LogP contribution in [0.3, 0.4) is 0 Å². The highest BCUT2D eigenvalue weighted by molar-refractivity contribution is 8.00. The molecule has 3 rings (SSSR count). The van der Waals surface area contributed by atoms with Crippen molar-refractivity contribution in [2.24, 2.45) is 0 Å². The molecule has 4 heteroatoms. The van der Waals surface area contributed by atoms with Crippen molar-refractivity contribution in [3.63, 3.8) is 0 Å². The summed E-state index contributed by atoms with van der Waals surface area (Å²) >= 11 is 1.96. The molecule has 1 atom stereocenters. The van der Waals surface area contributed by atoms with E-state index in [1.165, 1.54) is 17.7 Å². The van der Waals surface area contributed by atoms with E-state index >= 15 is 0 Å². The number of carbonyl (C=O) groups is 1. The number of benzene rings is 1. The van der Waals surface area contributed by atoms with E-state index < -0.39 is 0 Å². The van der Waals surface area contributed by atoms with E-state index in [0.717, 1.165) is 30.5 Å². The fourth-order valence-corrected chi connectivity index (χ4v) is 3.80. The van der Waals surface area contributed by atoms with Crippen LogP contribution in [0.4, 0.5) is 0 Å². The Kier molecular flexibility index (Phi) is 3.89. The number of hydrogen-bond acceptors (Lipinski definition) is 4. The predicted molar refractivity (Wildman–Crippen MR) is 79.2 cm³/mol. The highest BCUT2D eigenvalue weighted by Crippen LogP contribution is 2.32. The van der Waals surface area contributed by atoms with Crippen LogP contribution in [0, 0.1) is 0 Å². The van der Waals surface area contributed by atoms with E-state index in [0.29, 0.717) is 5.25 Å². The average molecular weight is 274 g/mol. The van der Waals surface area contributed by atoms with Crippen LogP contribution < -0.4 is 10.6 Å². The topological polar surface area (TPSA) is 41.1 Å². The molecule has 3 nitrogen and oxygen atoms in total. The first kappa shape index (κ1) is 12.8. The molecule has 0 radical (unpaired) electrons. The maximum atomic E-state index is 11.0. The standard InChI is InChI=1S/C15H18N2OS/c18-10-15-14-2-1-13(9-11(14)3-8-17-15)19-12-4-6-16-7-5-12/h1-3,8-10,12,15-17H,4-7H2.